The Morgan fingerprint density at radius 2 is 1.95 bits per heavy atom. The van der Waals surface area contributed by atoms with Gasteiger partial charge in [-0.2, -0.15) is 0 Å². The van der Waals surface area contributed by atoms with Crippen LogP contribution in [0.4, 0.5) is 4.39 Å². The molecule has 21 heavy (non-hydrogen) atoms. The third kappa shape index (κ3) is 2.95. The van der Waals surface area contributed by atoms with Crippen molar-refractivity contribution < 1.29 is 22.9 Å². The van der Waals surface area contributed by atoms with Gasteiger partial charge in [0.05, 0.1) is 16.6 Å². The van der Waals surface area contributed by atoms with E-state index in [4.69, 9.17) is 9.47 Å². The van der Waals surface area contributed by atoms with Gasteiger partial charge in [-0.25, -0.2) is 4.39 Å². The lowest BCUT2D eigenvalue weighted by atomic mass is 10.1. The second kappa shape index (κ2) is 5.65. The molecule has 1 atom stereocenters. The molecule has 0 saturated heterocycles. The Bertz CT molecular complexity index is 729. The van der Waals surface area contributed by atoms with Gasteiger partial charge in [0.15, 0.2) is 17.3 Å². The van der Waals surface area contributed by atoms with Crippen LogP contribution in [0.1, 0.15) is 10.4 Å². The van der Waals surface area contributed by atoms with Crippen LogP contribution < -0.4 is 9.47 Å². The van der Waals surface area contributed by atoms with E-state index in [1.165, 1.54) is 24.3 Å². The summed E-state index contributed by atoms with van der Waals surface area (Å²) in [7, 11) is -1.58. The summed E-state index contributed by atoms with van der Waals surface area (Å²) in [5, 5.41) is 0. The number of benzene rings is 2. The van der Waals surface area contributed by atoms with Gasteiger partial charge in [0, 0.05) is 10.5 Å². The highest BCUT2D eigenvalue weighted by Crippen LogP contribution is 2.32. The third-order valence-electron chi connectivity index (χ3n) is 3.02. The van der Waals surface area contributed by atoms with Crippen molar-refractivity contribution in [3.63, 3.8) is 0 Å². The molecule has 1 heterocycles. The topological polar surface area (TPSA) is 52.6 Å². The summed E-state index contributed by atoms with van der Waals surface area (Å²) in [6, 6.07) is 10.2. The minimum Gasteiger partial charge on any atom is -0.454 e. The lowest BCUT2D eigenvalue weighted by Gasteiger charge is -2.04. The molecule has 108 valence electrons. The molecule has 1 aliphatic rings. The first-order valence-corrected chi connectivity index (χ1v) is 7.52. The number of hydrogen-bond donors (Lipinski definition) is 0. The summed E-state index contributed by atoms with van der Waals surface area (Å²) in [5.41, 5.74) is 0.393. The van der Waals surface area contributed by atoms with Crippen molar-refractivity contribution in [1.29, 1.82) is 0 Å². The molecule has 0 aromatic heterocycles. The van der Waals surface area contributed by atoms with Crippen LogP contribution in [-0.2, 0) is 10.8 Å². The molecule has 2 aromatic carbocycles. The van der Waals surface area contributed by atoms with E-state index in [2.05, 4.69) is 0 Å². The van der Waals surface area contributed by atoms with Crippen molar-refractivity contribution in [3.8, 4) is 11.5 Å². The van der Waals surface area contributed by atoms with E-state index in [-0.39, 0.29) is 18.3 Å². The number of halogens is 1. The molecule has 4 nitrogen and oxygen atoms in total. The molecule has 0 fully saturated rings. The minimum absolute atomic E-state index is 0.127. The van der Waals surface area contributed by atoms with Crippen molar-refractivity contribution in [3.05, 3.63) is 53.8 Å². The largest absolute Gasteiger partial charge is 0.454 e. The molecule has 2 aromatic rings. The van der Waals surface area contributed by atoms with Crippen molar-refractivity contribution in [2.75, 3.05) is 12.5 Å². The summed E-state index contributed by atoms with van der Waals surface area (Å²) in [4.78, 5) is 12.4. The van der Waals surface area contributed by atoms with Crippen LogP contribution in [0.15, 0.2) is 47.4 Å². The van der Waals surface area contributed by atoms with E-state index >= 15 is 0 Å². The van der Waals surface area contributed by atoms with E-state index in [1.54, 1.807) is 18.2 Å². The first kappa shape index (κ1) is 13.8. The van der Waals surface area contributed by atoms with Gasteiger partial charge in [0.1, 0.15) is 5.82 Å². The Labute approximate surface area is 123 Å². The van der Waals surface area contributed by atoms with Gasteiger partial charge < -0.3 is 9.47 Å². The first-order chi connectivity index (χ1) is 10.1. The monoisotopic (exact) mass is 306 g/mol. The van der Waals surface area contributed by atoms with Gasteiger partial charge >= 0.3 is 0 Å². The molecule has 0 aliphatic carbocycles. The standard InChI is InChI=1S/C15H11FO4S/c16-11-2-1-3-12(7-11)21(18)8-13(17)10-4-5-14-15(6-10)20-9-19-14/h1-7H,8-9H2. The molecular weight excluding hydrogens is 295 g/mol. The molecule has 1 unspecified atom stereocenters. The van der Waals surface area contributed by atoms with Crippen LogP contribution in [0, 0.1) is 5.82 Å². The maximum absolute atomic E-state index is 13.1. The van der Waals surface area contributed by atoms with Gasteiger partial charge in [-0.05, 0) is 36.4 Å². The van der Waals surface area contributed by atoms with Crippen LogP contribution in [0.5, 0.6) is 11.5 Å². The fourth-order valence-corrected chi connectivity index (χ4v) is 3.01. The summed E-state index contributed by atoms with van der Waals surface area (Å²) in [6.45, 7) is 0.127. The second-order valence-electron chi connectivity index (χ2n) is 4.44. The summed E-state index contributed by atoms with van der Waals surface area (Å²) in [5.74, 6) is 0.103. The Morgan fingerprint density at radius 3 is 2.76 bits per heavy atom. The number of ether oxygens (including phenoxy) is 2. The van der Waals surface area contributed by atoms with Gasteiger partial charge in [-0.15, -0.1) is 0 Å². The summed E-state index contributed by atoms with van der Waals surface area (Å²) in [6.07, 6.45) is 0. The number of ketones is 1. The zero-order valence-electron chi connectivity index (χ0n) is 10.9. The average molecular weight is 306 g/mol. The molecule has 0 N–H and O–H groups in total. The molecule has 3 rings (SSSR count). The van der Waals surface area contributed by atoms with E-state index in [0.717, 1.165) is 0 Å². The van der Waals surface area contributed by atoms with Gasteiger partial charge in [-0.3, -0.25) is 9.00 Å². The molecule has 6 heteroatoms. The quantitative estimate of drug-likeness (QED) is 0.815. The highest BCUT2D eigenvalue weighted by atomic mass is 32.2. The predicted octanol–water partition coefficient (Wildman–Crippen LogP) is 2.54. The molecule has 0 bridgehead atoms. The lowest BCUT2D eigenvalue weighted by molar-refractivity contribution is 0.102. The fraction of sp³-hybridized carbons (Fsp3) is 0.133. The smallest absolute Gasteiger partial charge is 0.231 e. The number of Topliss-reactive ketones (excluding diaryl/α,β-unsaturated/α-hetero) is 1. The van der Waals surface area contributed by atoms with Gasteiger partial charge in [-0.1, -0.05) is 6.07 Å². The number of fused-ring (bicyclic) bond motifs is 1. The molecule has 0 saturated carbocycles. The zero-order valence-corrected chi connectivity index (χ0v) is 11.7. The van der Waals surface area contributed by atoms with E-state index in [9.17, 15) is 13.4 Å². The predicted molar refractivity (Wildman–Crippen MR) is 74.6 cm³/mol. The molecule has 0 amide bonds. The van der Waals surface area contributed by atoms with Crippen LogP contribution in [-0.4, -0.2) is 22.5 Å². The van der Waals surface area contributed by atoms with E-state index in [0.29, 0.717) is 22.0 Å². The Hall–Kier alpha value is -2.21. The van der Waals surface area contributed by atoms with Crippen molar-refractivity contribution in [2.45, 2.75) is 4.90 Å². The number of hydrogen-bond acceptors (Lipinski definition) is 4. The fourth-order valence-electron chi connectivity index (χ4n) is 1.96. The minimum atomic E-state index is -1.58. The van der Waals surface area contributed by atoms with Crippen molar-refractivity contribution >= 4 is 16.6 Å². The van der Waals surface area contributed by atoms with Crippen LogP contribution >= 0.6 is 0 Å². The second-order valence-corrected chi connectivity index (χ2v) is 5.89. The van der Waals surface area contributed by atoms with Gasteiger partial charge in [0.2, 0.25) is 6.79 Å². The number of carbonyl (C=O) groups is 1. The Morgan fingerprint density at radius 1 is 1.14 bits per heavy atom. The normalized spacial score (nSPS) is 14.0. The summed E-state index contributed by atoms with van der Waals surface area (Å²) >= 11 is 0. The highest BCUT2D eigenvalue weighted by molar-refractivity contribution is 7.85. The molecule has 0 radical (unpaired) electrons. The van der Waals surface area contributed by atoms with Gasteiger partial charge in [0.25, 0.3) is 0 Å². The van der Waals surface area contributed by atoms with E-state index < -0.39 is 16.6 Å². The first-order valence-electron chi connectivity index (χ1n) is 6.20. The SMILES string of the molecule is O=C(CS(=O)c1cccc(F)c1)c1ccc2c(c1)OCO2. The molecular formula is C15H11FO4S. The Balaban J connectivity index is 1.76. The Kier molecular flexibility index (Phi) is 3.70. The summed E-state index contributed by atoms with van der Waals surface area (Å²) < 4.78 is 35.5. The van der Waals surface area contributed by atoms with Crippen LogP contribution in [0.3, 0.4) is 0 Å². The molecule has 1 aliphatic heterocycles. The zero-order chi connectivity index (χ0) is 14.8. The highest BCUT2D eigenvalue weighted by Gasteiger charge is 2.18. The van der Waals surface area contributed by atoms with Crippen LogP contribution in [0.2, 0.25) is 0 Å². The average Bonchev–Trinajstić information content (AvgIpc) is 2.94. The number of carbonyl (C=O) groups excluding carboxylic acids is 1. The maximum Gasteiger partial charge on any atom is 0.231 e. The van der Waals surface area contributed by atoms with E-state index in [1.807, 2.05) is 0 Å². The lowest BCUT2D eigenvalue weighted by Crippen LogP contribution is -2.11. The van der Waals surface area contributed by atoms with Crippen LogP contribution in [0.25, 0.3) is 0 Å². The number of rotatable bonds is 4. The maximum atomic E-state index is 13.1. The molecule has 0 spiro atoms. The van der Waals surface area contributed by atoms with Crippen molar-refractivity contribution in [1.82, 2.24) is 0 Å². The third-order valence-corrected chi connectivity index (χ3v) is 4.32. The van der Waals surface area contributed by atoms with Crippen molar-refractivity contribution in [2.24, 2.45) is 0 Å².